The standard InChI is InChI=1S/C18H27NO3/c1-4-5-9-14(2)17(15(3)20)12-19-18(21)22-13-16-10-7-6-8-11-16/h6-8,10-11,14,17H,4-5,9,12-13H2,1-3H3,(H,19,21)/t14-,17?/m1/s1. The van der Waals surface area contributed by atoms with Crippen molar-refractivity contribution in [1.29, 1.82) is 0 Å². The first kappa shape index (κ1) is 18.2. The number of alkyl carbamates (subject to hydrolysis) is 1. The summed E-state index contributed by atoms with van der Waals surface area (Å²) in [6.07, 6.45) is 2.74. The molecule has 2 atom stereocenters. The van der Waals surface area contributed by atoms with Crippen molar-refractivity contribution in [2.75, 3.05) is 6.54 Å². The number of hydrogen-bond donors (Lipinski definition) is 1. The molecule has 0 saturated heterocycles. The minimum atomic E-state index is -0.474. The number of carbonyl (C=O) groups is 2. The topological polar surface area (TPSA) is 55.4 Å². The number of amides is 1. The Kier molecular flexibility index (Phi) is 8.26. The van der Waals surface area contributed by atoms with Gasteiger partial charge in [0.2, 0.25) is 0 Å². The Morgan fingerprint density at radius 2 is 1.91 bits per heavy atom. The first-order valence-electron chi connectivity index (χ1n) is 7.99. The highest BCUT2D eigenvalue weighted by molar-refractivity contribution is 5.79. The highest BCUT2D eigenvalue weighted by Gasteiger charge is 2.22. The molecule has 0 spiro atoms. The zero-order chi connectivity index (χ0) is 16.4. The van der Waals surface area contributed by atoms with Crippen LogP contribution in [0.5, 0.6) is 0 Å². The predicted molar refractivity (Wildman–Crippen MR) is 87.5 cm³/mol. The van der Waals surface area contributed by atoms with Gasteiger partial charge in [-0.15, -0.1) is 0 Å². The van der Waals surface area contributed by atoms with E-state index >= 15 is 0 Å². The molecule has 0 bridgehead atoms. The van der Waals surface area contributed by atoms with Crippen LogP contribution in [-0.2, 0) is 16.1 Å². The molecule has 0 saturated carbocycles. The van der Waals surface area contributed by atoms with E-state index in [-0.39, 0.29) is 24.2 Å². The molecule has 0 aliphatic rings. The van der Waals surface area contributed by atoms with Crippen LogP contribution in [0.25, 0.3) is 0 Å². The van der Waals surface area contributed by atoms with Gasteiger partial charge in [-0.3, -0.25) is 4.79 Å². The van der Waals surface area contributed by atoms with E-state index in [0.29, 0.717) is 6.54 Å². The monoisotopic (exact) mass is 305 g/mol. The third-order valence-corrected chi connectivity index (χ3v) is 3.90. The van der Waals surface area contributed by atoms with Gasteiger partial charge in [0.25, 0.3) is 0 Å². The predicted octanol–water partition coefficient (Wildman–Crippen LogP) is 3.94. The molecule has 4 nitrogen and oxygen atoms in total. The lowest BCUT2D eigenvalue weighted by Crippen LogP contribution is -2.35. The van der Waals surface area contributed by atoms with Crippen LogP contribution in [0.2, 0.25) is 0 Å². The lowest BCUT2D eigenvalue weighted by molar-refractivity contribution is -0.122. The first-order chi connectivity index (χ1) is 10.5. The first-order valence-corrected chi connectivity index (χ1v) is 7.99. The van der Waals surface area contributed by atoms with Crippen LogP contribution in [0, 0.1) is 11.8 Å². The summed E-state index contributed by atoms with van der Waals surface area (Å²) in [7, 11) is 0. The molecule has 0 fully saturated rings. The van der Waals surface area contributed by atoms with Crippen LogP contribution in [0.15, 0.2) is 30.3 Å². The van der Waals surface area contributed by atoms with Crippen molar-refractivity contribution in [2.45, 2.75) is 46.6 Å². The normalized spacial score (nSPS) is 13.2. The van der Waals surface area contributed by atoms with Crippen molar-refractivity contribution < 1.29 is 14.3 Å². The van der Waals surface area contributed by atoms with E-state index in [9.17, 15) is 9.59 Å². The van der Waals surface area contributed by atoms with E-state index < -0.39 is 6.09 Å². The molecule has 1 unspecified atom stereocenters. The maximum Gasteiger partial charge on any atom is 0.407 e. The minimum Gasteiger partial charge on any atom is -0.445 e. The molecule has 122 valence electrons. The van der Waals surface area contributed by atoms with Crippen LogP contribution in [0.3, 0.4) is 0 Å². The molecular formula is C18H27NO3. The van der Waals surface area contributed by atoms with Gasteiger partial charge in [-0.05, 0) is 24.8 Å². The van der Waals surface area contributed by atoms with Gasteiger partial charge >= 0.3 is 6.09 Å². The third kappa shape index (κ3) is 6.74. The molecule has 0 heterocycles. The second-order valence-corrected chi connectivity index (χ2v) is 5.78. The number of rotatable bonds is 9. The Morgan fingerprint density at radius 3 is 2.50 bits per heavy atom. The van der Waals surface area contributed by atoms with E-state index in [1.807, 2.05) is 30.3 Å². The summed E-state index contributed by atoms with van der Waals surface area (Å²) in [4.78, 5) is 23.5. The number of ketones is 1. The fraction of sp³-hybridized carbons (Fsp3) is 0.556. The van der Waals surface area contributed by atoms with Gasteiger partial charge in [-0.1, -0.05) is 57.0 Å². The van der Waals surface area contributed by atoms with E-state index in [4.69, 9.17) is 4.74 Å². The quantitative estimate of drug-likeness (QED) is 0.751. The summed E-state index contributed by atoms with van der Waals surface area (Å²) in [6.45, 7) is 6.37. The van der Waals surface area contributed by atoms with Crippen LogP contribution in [-0.4, -0.2) is 18.4 Å². The molecule has 1 aromatic carbocycles. The van der Waals surface area contributed by atoms with Crippen LogP contribution < -0.4 is 5.32 Å². The van der Waals surface area contributed by atoms with E-state index in [1.165, 1.54) is 0 Å². The fourth-order valence-corrected chi connectivity index (χ4v) is 2.44. The number of ether oxygens (including phenoxy) is 1. The molecule has 0 aliphatic carbocycles. The average molecular weight is 305 g/mol. The number of Topliss-reactive ketones (excluding diaryl/α,β-unsaturated/α-hetero) is 1. The largest absolute Gasteiger partial charge is 0.445 e. The summed E-state index contributed by atoms with van der Waals surface area (Å²) in [5, 5.41) is 2.71. The minimum absolute atomic E-state index is 0.118. The van der Waals surface area contributed by atoms with Gasteiger partial charge in [0.05, 0.1) is 0 Å². The highest BCUT2D eigenvalue weighted by Crippen LogP contribution is 2.18. The number of nitrogens with one attached hydrogen (secondary N) is 1. The zero-order valence-electron chi connectivity index (χ0n) is 13.8. The molecular weight excluding hydrogens is 278 g/mol. The average Bonchev–Trinajstić information content (AvgIpc) is 2.51. The van der Waals surface area contributed by atoms with Crippen molar-refractivity contribution in [3.8, 4) is 0 Å². The third-order valence-electron chi connectivity index (χ3n) is 3.90. The Morgan fingerprint density at radius 1 is 1.23 bits per heavy atom. The van der Waals surface area contributed by atoms with Gasteiger partial charge in [0.15, 0.2) is 0 Å². The van der Waals surface area contributed by atoms with Crippen molar-refractivity contribution >= 4 is 11.9 Å². The molecule has 0 aromatic heterocycles. The molecule has 1 rings (SSSR count). The number of carbonyl (C=O) groups excluding carboxylic acids is 2. The maximum absolute atomic E-state index is 11.7. The number of unbranched alkanes of at least 4 members (excludes halogenated alkanes) is 1. The van der Waals surface area contributed by atoms with E-state index in [1.54, 1.807) is 6.92 Å². The summed E-state index contributed by atoms with van der Waals surface area (Å²) < 4.78 is 5.16. The molecule has 1 aromatic rings. The number of benzene rings is 1. The van der Waals surface area contributed by atoms with Gasteiger partial charge in [-0.2, -0.15) is 0 Å². The van der Waals surface area contributed by atoms with Crippen LogP contribution >= 0.6 is 0 Å². The van der Waals surface area contributed by atoms with Crippen LogP contribution in [0.4, 0.5) is 4.79 Å². The Bertz CT molecular complexity index is 459. The summed E-state index contributed by atoms with van der Waals surface area (Å²) in [5.74, 6) is 0.245. The highest BCUT2D eigenvalue weighted by atomic mass is 16.5. The lowest BCUT2D eigenvalue weighted by atomic mass is 9.87. The second-order valence-electron chi connectivity index (χ2n) is 5.78. The van der Waals surface area contributed by atoms with Crippen molar-refractivity contribution in [1.82, 2.24) is 5.32 Å². The summed E-state index contributed by atoms with van der Waals surface area (Å²) in [6, 6.07) is 9.52. The lowest BCUT2D eigenvalue weighted by Gasteiger charge is -2.21. The second kappa shape index (κ2) is 9.98. The maximum atomic E-state index is 11.7. The van der Waals surface area contributed by atoms with Gasteiger partial charge in [0, 0.05) is 12.5 Å². The summed E-state index contributed by atoms with van der Waals surface area (Å²) in [5.41, 5.74) is 0.942. The molecule has 22 heavy (non-hydrogen) atoms. The molecule has 1 amide bonds. The fourth-order valence-electron chi connectivity index (χ4n) is 2.44. The summed E-state index contributed by atoms with van der Waals surface area (Å²) >= 11 is 0. The zero-order valence-corrected chi connectivity index (χ0v) is 13.8. The SMILES string of the molecule is CCCC[C@@H](C)C(CNC(=O)OCc1ccccc1)C(C)=O. The molecule has 1 N–H and O–H groups in total. The van der Waals surface area contributed by atoms with E-state index in [2.05, 4.69) is 19.2 Å². The Labute approximate surface area is 133 Å². The molecule has 0 radical (unpaired) electrons. The smallest absolute Gasteiger partial charge is 0.407 e. The van der Waals surface area contributed by atoms with Crippen LogP contribution in [0.1, 0.15) is 45.6 Å². The van der Waals surface area contributed by atoms with E-state index in [0.717, 1.165) is 24.8 Å². The van der Waals surface area contributed by atoms with Crippen molar-refractivity contribution in [3.05, 3.63) is 35.9 Å². The van der Waals surface area contributed by atoms with Crippen molar-refractivity contribution in [3.63, 3.8) is 0 Å². The van der Waals surface area contributed by atoms with Gasteiger partial charge < -0.3 is 10.1 Å². The Balaban J connectivity index is 2.37. The van der Waals surface area contributed by atoms with Crippen molar-refractivity contribution in [2.24, 2.45) is 11.8 Å². The van der Waals surface area contributed by atoms with Gasteiger partial charge in [-0.25, -0.2) is 4.79 Å². The van der Waals surface area contributed by atoms with Gasteiger partial charge in [0.1, 0.15) is 12.4 Å². The number of hydrogen-bond acceptors (Lipinski definition) is 3. The molecule has 4 heteroatoms. The Hall–Kier alpha value is -1.84. The molecule has 0 aliphatic heterocycles.